The van der Waals surface area contributed by atoms with E-state index in [1.807, 2.05) is 0 Å². The van der Waals surface area contributed by atoms with Crippen LogP contribution < -0.4 is 5.32 Å². The first-order valence-electron chi connectivity index (χ1n) is 5.86. The maximum absolute atomic E-state index is 12.7. The molecule has 0 radical (unpaired) electrons. The molecule has 0 heterocycles. The number of hydrogen-bond acceptors (Lipinski definition) is 2. The van der Waals surface area contributed by atoms with Crippen molar-refractivity contribution in [3.05, 3.63) is 57.0 Å². The molecule has 0 aromatic heterocycles. The number of alkyl halides is 3. The molecule has 0 spiro atoms. The number of anilines is 1. The van der Waals surface area contributed by atoms with Crippen LogP contribution in [0.15, 0.2) is 40.9 Å². The van der Waals surface area contributed by atoms with Gasteiger partial charge in [-0.25, -0.2) is 0 Å². The zero-order chi connectivity index (χ0) is 15.6. The van der Waals surface area contributed by atoms with E-state index >= 15 is 0 Å². The number of para-hydroxylation sites is 1. The predicted octanol–water partition coefficient (Wildman–Crippen LogP) is 5.44. The molecule has 0 bridgehead atoms. The second kappa shape index (κ2) is 6.15. The summed E-state index contributed by atoms with van der Waals surface area (Å²) in [7, 11) is 0. The molecule has 2 N–H and O–H groups in total. The Hall–Kier alpha value is -1.40. The van der Waals surface area contributed by atoms with Crippen LogP contribution in [-0.2, 0) is 12.7 Å². The van der Waals surface area contributed by atoms with E-state index in [9.17, 15) is 18.3 Å². The molecule has 0 aliphatic carbocycles. The third kappa shape index (κ3) is 3.83. The largest absolute Gasteiger partial charge is 0.506 e. The molecular weight excluding hydrogens is 371 g/mol. The number of benzene rings is 2. The average Bonchev–Trinajstić information content (AvgIpc) is 2.40. The van der Waals surface area contributed by atoms with Crippen molar-refractivity contribution in [3.8, 4) is 5.75 Å². The lowest BCUT2D eigenvalue weighted by Gasteiger charge is -2.13. The number of phenols is 1. The second-order valence-corrected chi connectivity index (χ2v) is 5.56. The first-order chi connectivity index (χ1) is 9.79. The summed E-state index contributed by atoms with van der Waals surface area (Å²) in [6.07, 6.45) is -4.41. The van der Waals surface area contributed by atoms with Crippen LogP contribution in [0.25, 0.3) is 0 Å². The molecule has 2 nitrogen and oxygen atoms in total. The second-order valence-electron chi connectivity index (χ2n) is 4.29. The summed E-state index contributed by atoms with van der Waals surface area (Å²) >= 11 is 8.96. The fourth-order valence-corrected chi connectivity index (χ4v) is 2.31. The van der Waals surface area contributed by atoms with Crippen molar-refractivity contribution in [2.24, 2.45) is 0 Å². The highest BCUT2D eigenvalue weighted by molar-refractivity contribution is 9.10. The number of aromatic hydroxyl groups is 1. The van der Waals surface area contributed by atoms with Gasteiger partial charge in [0.15, 0.2) is 0 Å². The van der Waals surface area contributed by atoms with Crippen molar-refractivity contribution >= 4 is 33.2 Å². The molecule has 0 unspecified atom stereocenters. The van der Waals surface area contributed by atoms with Gasteiger partial charge in [0, 0.05) is 22.3 Å². The van der Waals surface area contributed by atoms with Crippen molar-refractivity contribution in [2.45, 2.75) is 12.7 Å². The molecule has 0 atom stereocenters. The van der Waals surface area contributed by atoms with Gasteiger partial charge >= 0.3 is 6.18 Å². The van der Waals surface area contributed by atoms with Crippen LogP contribution in [0.4, 0.5) is 18.9 Å². The predicted molar refractivity (Wildman–Crippen MR) is 79.6 cm³/mol. The minimum absolute atomic E-state index is 0.0882. The summed E-state index contributed by atoms with van der Waals surface area (Å²) in [6.45, 7) is 0.145. The Morgan fingerprint density at radius 3 is 2.57 bits per heavy atom. The summed E-state index contributed by atoms with van der Waals surface area (Å²) in [6, 6.07) is 8.14. The minimum Gasteiger partial charge on any atom is -0.506 e. The Morgan fingerprint density at radius 1 is 1.19 bits per heavy atom. The van der Waals surface area contributed by atoms with Gasteiger partial charge in [-0.2, -0.15) is 13.2 Å². The summed E-state index contributed by atoms with van der Waals surface area (Å²) in [5.74, 6) is -0.0882. The van der Waals surface area contributed by atoms with Gasteiger partial charge in [0.1, 0.15) is 5.75 Å². The number of phenolic OH excluding ortho intramolecular Hbond substituents is 1. The normalized spacial score (nSPS) is 11.5. The Bertz CT molecular complexity index is 661. The summed E-state index contributed by atoms with van der Waals surface area (Å²) < 4.78 is 38.5. The highest BCUT2D eigenvalue weighted by Crippen LogP contribution is 2.34. The summed E-state index contributed by atoms with van der Waals surface area (Å²) in [5.41, 5.74) is 0.0273. The molecule has 0 fully saturated rings. The van der Waals surface area contributed by atoms with Gasteiger partial charge in [-0.3, -0.25) is 0 Å². The highest BCUT2D eigenvalue weighted by Gasteiger charge is 2.30. The topological polar surface area (TPSA) is 32.3 Å². The van der Waals surface area contributed by atoms with Crippen molar-refractivity contribution in [1.29, 1.82) is 0 Å². The molecule has 0 aliphatic rings. The summed E-state index contributed by atoms with van der Waals surface area (Å²) in [5, 5.41) is 12.8. The van der Waals surface area contributed by atoms with Gasteiger partial charge in [-0.05, 0) is 40.2 Å². The van der Waals surface area contributed by atoms with E-state index in [1.54, 1.807) is 12.1 Å². The average molecular weight is 381 g/mol. The SMILES string of the molecule is Oc1c(Cl)cccc1CNc1cc(C(F)(F)F)ccc1Br. The van der Waals surface area contributed by atoms with Crippen LogP contribution in [0, 0.1) is 0 Å². The molecule has 2 rings (SSSR count). The Balaban J connectivity index is 2.22. The van der Waals surface area contributed by atoms with Crippen LogP contribution in [0.2, 0.25) is 5.02 Å². The van der Waals surface area contributed by atoms with Crippen LogP contribution in [0.5, 0.6) is 5.75 Å². The third-order valence-corrected chi connectivity index (χ3v) is 3.83. The quantitative estimate of drug-likeness (QED) is 0.743. The molecule has 7 heteroatoms. The Morgan fingerprint density at radius 2 is 1.90 bits per heavy atom. The lowest BCUT2D eigenvalue weighted by Crippen LogP contribution is -2.07. The lowest BCUT2D eigenvalue weighted by atomic mass is 10.1. The molecule has 21 heavy (non-hydrogen) atoms. The maximum atomic E-state index is 12.7. The first-order valence-corrected chi connectivity index (χ1v) is 7.03. The lowest BCUT2D eigenvalue weighted by molar-refractivity contribution is -0.137. The number of hydrogen-bond donors (Lipinski definition) is 2. The van der Waals surface area contributed by atoms with Crippen LogP contribution in [0.1, 0.15) is 11.1 Å². The van der Waals surface area contributed by atoms with E-state index < -0.39 is 11.7 Å². The third-order valence-electron chi connectivity index (χ3n) is 2.83. The molecule has 2 aromatic carbocycles. The van der Waals surface area contributed by atoms with Crippen molar-refractivity contribution in [1.82, 2.24) is 0 Å². The molecule has 0 saturated carbocycles. The van der Waals surface area contributed by atoms with Gasteiger partial charge in [0.25, 0.3) is 0 Å². The molecule has 0 aliphatic heterocycles. The van der Waals surface area contributed by atoms with Crippen molar-refractivity contribution < 1.29 is 18.3 Å². The molecule has 2 aromatic rings. The zero-order valence-electron chi connectivity index (χ0n) is 10.5. The van der Waals surface area contributed by atoms with Gasteiger partial charge in [0.05, 0.1) is 10.6 Å². The Kier molecular flexibility index (Phi) is 4.68. The Labute approximate surface area is 132 Å². The fourth-order valence-electron chi connectivity index (χ4n) is 1.73. The van der Waals surface area contributed by atoms with Crippen LogP contribution >= 0.6 is 27.5 Å². The van der Waals surface area contributed by atoms with Crippen molar-refractivity contribution in [3.63, 3.8) is 0 Å². The van der Waals surface area contributed by atoms with E-state index in [-0.39, 0.29) is 23.0 Å². The number of nitrogens with one attached hydrogen (secondary N) is 1. The van der Waals surface area contributed by atoms with E-state index in [2.05, 4.69) is 21.2 Å². The minimum atomic E-state index is -4.41. The van der Waals surface area contributed by atoms with Gasteiger partial charge in [-0.1, -0.05) is 23.7 Å². The molecule has 0 amide bonds. The zero-order valence-corrected chi connectivity index (χ0v) is 12.9. The van der Waals surface area contributed by atoms with E-state index in [0.717, 1.165) is 12.1 Å². The van der Waals surface area contributed by atoms with E-state index in [4.69, 9.17) is 11.6 Å². The van der Waals surface area contributed by atoms with E-state index in [1.165, 1.54) is 12.1 Å². The van der Waals surface area contributed by atoms with Gasteiger partial charge in [-0.15, -0.1) is 0 Å². The monoisotopic (exact) mass is 379 g/mol. The maximum Gasteiger partial charge on any atom is 0.416 e. The van der Waals surface area contributed by atoms with Gasteiger partial charge in [0.2, 0.25) is 0 Å². The van der Waals surface area contributed by atoms with Crippen LogP contribution in [-0.4, -0.2) is 5.11 Å². The van der Waals surface area contributed by atoms with Crippen LogP contribution in [0.3, 0.4) is 0 Å². The van der Waals surface area contributed by atoms with Crippen molar-refractivity contribution in [2.75, 3.05) is 5.32 Å². The number of rotatable bonds is 3. The highest BCUT2D eigenvalue weighted by atomic mass is 79.9. The smallest absolute Gasteiger partial charge is 0.416 e. The first kappa shape index (κ1) is 16.0. The summed E-state index contributed by atoms with van der Waals surface area (Å²) in [4.78, 5) is 0. The molecule has 0 saturated heterocycles. The number of halogens is 5. The van der Waals surface area contributed by atoms with Gasteiger partial charge < -0.3 is 10.4 Å². The molecule has 112 valence electrons. The molecular formula is C14H10BrClF3NO. The van der Waals surface area contributed by atoms with E-state index in [0.29, 0.717) is 10.0 Å². The standard InChI is InChI=1S/C14H10BrClF3NO/c15-10-5-4-9(14(17,18)19)6-12(10)20-7-8-2-1-3-11(16)13(8)21/h1-6,20-21H,7H2. The fraction of sp³-hybridized carbons (Fsp3) is 0.143.